The van der Waals surface area contributed by atoms with Crippen LogP contribution in [0.4, 0.5) is 20.2 Å². The van der Waals surface area contributed by atoms with Crippen LogP contribution in [0.25, 0.3) is 0 Å². The second kappa shape index (κ2) is 7.91. The van der Waals surface area contributed by atoms with E-state index < -0.39 is 33.6 Å². The van der Waals surface area contributed by atoms with Gasteiger partial charge in [0, 0.05) is 11.8 Å². The number of nitrogens with zero attached hydrogens (tertiary/aromatic N) is 1. The van der Waals surface area contributed by atoms with Gasteiger partial charge >= 0.3 is 0 Å². The summed E-state index contributed by atoms with van der Waals surface area (Å²) in [5.74, 6) is -2.61. The van der Waals surface area contributed by atoms with Crippen LogP contribution in [-0.4, -0.2) is 33.7 Å². The quantitative estimate of drug-likeness (QED) is 0.811. The Balaban J connectivity index is 2.41. The lowest BCUT2D eigenvalue weighted by molar-refractivity contribution is -0.116. The van der Waals surface area contributed by atoms with E-state index in [1.165, 1.54) is 20.1 Å². The molecule has 1 amide bonds. The molecule has 27 heavy (non-hydrogen) atoms. The second-order valence-corrected chi connectivity index (χ2v) is 7.89. The van der Waals surface area contributed by atoms with Gasteiger partial charge in [0.1, 0.15) is 11.8 Å². The van der Waals surface area contributed by atoms with Crippen LogP contribution in [0.3, 0.4) is 0 Å². The Bertz CT molecular complexity index is 964. The van der Waals surface area contributed by atoms with Gasteiger partial charge in [0.15, 0.2) is 11.6 Å². The van der Waals surface area contributed by atoms with Crippen LogP contribution in [0.5, 0.6) is 5.75 Å². The minimum atomic E-state index is -3.86. The first kappa shape index (κ1) is 20.6. The van der Waals surface area contributed by atoms with Gasteiger partial charge in [0.05, 0.1) is 19.1 Å². The number of aryl methyl sites for hydroxylation is 1. The van der Waals surface area contributed by atoms with Crippen molar-refractivity contribution in [3.05, 3.63) is 53.6 Å². The van der Waals surface area contributed by atoms with Gasteiger partial charge in [-0.15, -0.1) is 0 Å². The minimum absolute atomic E-state index is 0.00964. The first-order chi connectivity index (χ1) is 12.5. The molecule has 0 bridgehead atoms. The molecule has 1 N–H and O–H groups in total. The summed E-state index contributed by atoms with van der Waals surface area (Å²) in [7, 11) is -2.47. The van der Waals surface area contributed by atoms with Gasteiger partial charge in [-0.05, 0) is 43.7 Å². The Morgan fingerprint density at radius 3 is 2.37 bits per heavy atom. The molecule has 9 heteroatoms. The molecule has 0 saturated heterocycles. The maximum atomic E-state index is 13.3. The van der Waals surface area contributed by atoms with Crippen molar-refractivity contribution in [3.8, 4) is 5.75 Å². The number of ether oxygens (including phenoxy) is 1. The lowest BCUT2D eigenvalue weighted by Crippen LogP contribution is -2.45. The van der Waals surface area contributed by atoms with Crippen molar-refractivity contribution in [2.24, 2.45) is 0 Å². The van der Waals surface area contributed by atoms with E-state index in [0.717, 1.165) is 28.3 Å². The van der Waals surface area contributed by atoms with E-state index >= 15 is 0 Å². The second-order valence-electron chi connectivity index (χ2n) is 6.03. The fourth-order valence-corrected chi connectivity index (χ4v) is 3.74. The van der Waals surface area contributed by atoms with Crippen LogP contribution in [-0.2, 0) is 14.8 Å². The third kappa shape index (κ3) is 4.73. The molecule has 0 saturated carbocycles. The maximum Gasteiger partial charge on any atom is 0.247 e. The highest BCUT2D eigenvalue weighted by Gasteiger charge is 2.31. The van der Waals surface area contributed by atoms with Crippen LogP contribution in [0.2, 0.25) is 0 Å². The average Bonchev–Trinajstić information content (AvgIpc) is 2.57. The smallest absolute Gasteiger partial charge is 0.247 e. The van der Waals surface area contributed by atoms with E-state index in [4.69, 9.17) is 4.74 Å². The molecule has 0 spiro atoms. The highest BCUT2D eigenvalue weighted by Crippen LogP contribution is 2.32. The van der Waals surface area contributed by atoms with Gasteiger partial charge in [0.2, 0.25) is 15.9 Å². The highest BCUT2D eigenvalue weighted by molar-refractivity contribution is 7.92. The number of anilines is 2. The predicted molar refractivity (Wildman–Crippen MR) is 99.5 cm³/mol. The van der Waals surface area contributed by atoms with Crippen molar-refractivity contribution in [2.45, 2.75) is 19.9 Å². The maximum absolute atomic E-state index is 13.3. The summed E-state index contributed by atoms with van der Waals surface area (Å²) in [4.78, 5) is 12.6. The molecule has 0 aliphatic carbocycles. The van der Waals surface area contributed by atoms with E-state index in [1.807, 2.05) is 0 Å². The third-order valence-electron chi connectivity index (χ3n) is 3.85. The zero-order valence-corrected chi connectivity index (χ0v) is 16.1. The summed E-state index contributed by atoms with van der Waals surface area (Å²) < 4.78 is 57.3. The van der Waals surface area contributed by atoms with Crippen molar-refractivity contribution in [2.75, 3.05) is 23.0 Å². The fourth-order valence-electron chi connectivity index (χ4n) is 2.57. The van der Waals surface area contributed by atoms with Gasteiger partial charge in [-0.3, -0.25) is 9.10 Å². The van der Waals surface area contributed by atoms with E-state index in [9.17, 15) is 22.0 Å². The summed E-state index contributed by atoms with van der Waals surface area (Å²) in [5.41, 5.74) is 0.982. The number of carbonyl (C=O) groups excluding carboxylic acids is 1. The van der Waals surface area contributed by atoms with Crippen LogP contribution >= 0.6 is 0 Å². The third-order valence-corrected chi connectivity index (χ3v) is 5.07. The molecule has 2 aromatic rings. The van der Waals surface area contributed by atoms with E-state index in [-0.39, 0.29) is 17.1 Å². The SMILES string of the molecule is COc1ccc(C)cc1N(C(C)C(=O)Nc1ccc(F)c(F)c1)S(C)(=O)=O. The number of carbonyl (C=O) groups is 1. The first-order valence-corrected chi connectivity index (χ1v) is 9.79. The highest BCUT2D eigenvalue weighted by atomic mass is 32.2. The van der Waals surface area contributed by atoms with Gasteiger partial charge in [-0.1, -0.05) is 6.07 Å². The number of nitrogens with one attached hydrogen (secondary N) is 1. The number of hydrogen-bond donors (Lipinski definition) is 1. The van der Waals surface area contributed by atoms with Crippen molar-refractivity contribution in [1.82, 2.24) is 0 Å². The topological polar surface area (TPSA) is 75.7 Å². The van der Waals surface area contributed by atoms with Crippen molar-refractivity contribution in [1.29, 1.82) is 0 Å². The van der Waals surface area contributed by atoms with Crippen molar-refractivity contribution < 1.29 is 26.7 Å². The van der Waals surface area contributed by atoms with E-state index in [0.29, 0.717) is 0 Å². The lowest BCUT2D eigenvalue weighted by Gasteiger charge is -2.29. The molecule has 2 rings (SSSR count). The Morgan fingerprint density at radius 1 is 1.15 bits per heavy atom. The standard InChI is InChI=1S/C18H20F2N2O4S/c1-11-5-8-17(26-3)16(9-11)22(27(4,24)25)12(2)18(23)21-13-6-7-14(19)15(20)10-13/h5-10,12H,1-4H3,(H,21,23). The summed E-state index contributed by atoms with van der Waals surface area (Å²) in [5, 5.41) is 2.39. The number of rotatable bonds is 6. The summed E-state index contributed by atoms with van der Waals surface area (Å²) in [6.45, 7) is 3.16. The number of amides is 1. The normalized spacial score (nSPS) is 12.4. The van der Waals surface area contributed by atoms with E-state index in [1.54, 1.807) is 25.1 Å². The molecule has 0 aromatic heterocycles. The van der Waals surface area contributed by atoms with Crippen LogP contribution < -0.4 is 14.4 Å². The zero-order chi connectivity index (χ0) is 20.4. The Morgan fingerprint density at radius 2 is 1.81 bits per heavy atom. The Labute approximate surface area is 156 Å². The summed E-state index contributed by atoms with van der Waals surface area (Å²) in [6, 6.07) is 6.62. The molecule has 0 radical (unpaired) electrons. The van der Waals surface area contributed by atoms with Crippen LogP contribution in [0.15, 0.2) is 36.4 Å². The molecular formula is C18H20F2N2O4S. The first-order valence-electron chi connectivity index (χ1n) is 7.94. The lowest BCUT2D eigenvalue weighted by atomic mass is 10.2. The Kier molecular flexibility index (Phi) is 6.04. The monoisotopic (exact) mass is 398 g/mol. The molecule has 6 nitrogen and oxygen atoms in total. The molecule has 1 unspecified atom stereocenters. The Hall–Kier alpha value is -2.68. The summed E-state index contributed by atoms with van der Waals surface area (Å²) >= 11 is 0. The average molecular weight is 398 g/mol. The van der Waals surface area contributed by atoms with Gasteiger partial charge in [-0.25, -0.2) is 17.2 Å². The molecule has 2 aromatic carbocycles. The van der Waals surface area contributed by atoms with E-state index in [2.05, 4.69) is 5.32 Å². The van der Waals surface area contributed by atoms with Crippen LogP contribution in [0.1, 0.15) is 12.5 Å². The number of methoxy groups -OCH3 is 1. The van der Waals surface area contributed by atoms with Gasteiger partial charge in [-0.2, -0.15) is 0 Å². The molecule has 0 heterocycles. The summed E-state index contributed by atoms with van der Waals surface area (Å²) in [6.07, 6.45) is 0.968. The number of sulfonamides is 1. The number of benzene rings is 2. The predicted octanol–water partition coefficient (Wildman–Crippen LogP) is 3.08. The molecule has 146 valence electrons. The zero-order valence-electron chi connectivity index (χ0n) is 15.3. The number of hydrogen-bond acceptors (Lipinski definition) is 4. The van der Waals surface area contributed by atoms with Crippen molar-refractivity contribution >= 4 is 27.3 Å². The fraction of sp³-hybridized carbons (Fsp3) is 0.278. The molecule has 1 atom stereocenters. The van der Waals surface area contributed by atoms with Gasteiger partial charge < -0.3 is 10.1 Å². The molecule has 0 fully saturated rings. The molecular weight excluding hydrogens is 378 g/mol. The number of halogens is 2. The molecule has 0 aliphatic heterocycles. The van der Waals surface area contributed by atoms with Gasteiger partial charge in [0.25, 0.3) is 0 Å². The molecule has 0 aliphatic rings. The minimum Gasteiger partial charge on any atom is -0.495 e. The van der Waals surface area contributed by atoms with Crippen molar-refractivity contribution in [3.63, 3.8) is 0 Å². The largest absolute Gasteiger partial charge is 0.495 e. The van der Waals surface area contributed by atoms with Crippen LogP contribution in [0, 0.1) is 18.6 Å².